The molecule has 2 heterocycles. The first-order valence-electron chi connectivity index (χ1n) is 9.98. The van der Waals surface area contributed by atoms with Crippen LogP contribution >= 0.6 is 0 Å². The SMILES string of the molecule is Fc1ccc(CCN2CCC(c3cn(Cc4ccc(F)c(F)c4)nn3)CC2)cc1F. The van der Waals surface area contributed by atoms with Crippen LogP contribution < -0.4 is 0 Å². The summed E-state index contributed by atoms with van der Waals surface area (Å²) >= 11 is 0. The predicted octanol–water partition coefficient (Wildman–Crippen LogP) is 4.30. The van der Waals surface area contributed by atoms with E-state index in [2.05, 4.69) is 15.2 Å². The molecule has 3 aromatic rings. The second-order valence-corrected chi connectivity index (χ2v) is 7.70. The molecule has 0 radical (unpaired) electrons. The van der Waals surface area contributed by atoms with E-state index in [9.17, 15) is 17.6 Å². The summed E-state index contributed by atoms with van der Waals surface area (Å²) in [6.45, 7) is 2.91. The summed E-state index contributed by atoms with van der Waals surface area (Å²) in [5.74, 6) is -3.07. The lowest BCUT2D eigenvalue weighted by atomic mass is 9.94. The Morgan fingerprint density at radius 3 is 2.13 bits per heavy atom. The van der Waals surface area contributed by atoms with Crippen LogP contribution in [0.3, 0.4) is 0 Å². The van der Waals surface area contributed by atoms with Crippen LogP contribution in [0.4, 0.5) is 17.6 Å². The van der Waals surface area contributed by atoms with Gasteiger partial charge in [-0.25, -0.2) is 22.2 Å². The zero-order chi connectivity index (χ0) is 21.1. The fourth-order valence-electron chi connectivity index (χ4n) is 3.84. The van der Waals surface area contributed by atoms with E-state index in [0.29, 0.717) is 24.4 Å². The van der Waals surface area contributed by atoms with Gasteiger partial charge in [-0.3, -0.25) is 0 Å². The maximum atomic E-state index is 13.4. The molecule has 0 aliphatic carbocycles. The Labute approximate surface area is 172 Å². The highest BCUT2D eigenvalue weighted by Crippen LogP contribution is 2.26. The van der Waals surface area contributed by atoms with Crippen molar-refractivity contribution in [2.24, 2.45) is 0 Å². The van der Waals surface area contributed by atoms with E-state index >= 15 is 0 Å². The normalized spacial score (nSPS) is 15.6. The van der Waals surface area contributed by atoms with Crippen molar-refractivity contribution in [3.8, 4) is 0 Å². The molecule has 158 valence electrons. The number of rotatable bonds is 6. The topological polar surface area (TPSA) is 34.0 Å². The van der Waals surface area contributed by atoms with E-state index < -0.39 is 23.3 Å². The minimum absolute atomic E-state index is 0.295. The Kier molecular flexibility index (Phi) is 6.13. The van der Waals surface area contributed by atoms with Gasteiger partial charge in [0.05, 0.1) is 12.2 Å². The second-order valence-electron chi connectivity index (χ2n) is 7.70. The molecule has 0 bridgehead atoms. The Morgan fingerprint density at radius 1 is 0.833 bits per heavy atom. The number of likely N-dealkylation sites (tertiary alicyclic amines) is 1. The summed E-state index contributed by atoms with van der Waals surface area (Å²) in [5.41, 5.74) is 2.31. The summed E-state index contributed by atoms with van der Waals surface area (Å²) in [6, 6.07) is 7.86. The summed E-state index contributed by atoms with van der Waals surface area (Å²) in [5, 5.41) is 8.38. The van der Waals surface area contributed by atoms with Crippen molar-refractivity contribution in [1.29, 1.82) is 0 Å². The van der Waals surface area contributed by atoms with E-state index in [1.807, 2.05) is 6.20 Å². The van der Waals surface area contributed by atoms with Crippen molar-refractivity contribution in [3.63, 3.8) is 0 Å². The van der Waals surface area contributed by atoms with Gasteiger partial charge in [0.2, 0.25) is 0 Å². The van der Waals surface area contributed by atoms with Crippen molar-refractivity contribution >= 4 is 0 Å². The third-order valence-corrected chi connectivity index (χ3v) is 5.59. The van der Waals surface area contributed by atoms with Crippen LogP contribution in [0.5, 0.6) is 0 Å². The molecule has 1 saturated heterocycles. The fourth-order valence-corrected chi connectivity index (χ4v) is 3.84. The molecule has 8 heteroatoms. The Hall–Kier alpha value is -2.74. The number of piperidine rings is 1. The standard InChI is InChI=1S/C22H22F4N4/c23-18-3-1-15(11-20(18)25)5-8-29-9-6-17(7-10-29)22-14-30(28-27-22)13-16-2-4-19(24)21(26)12-16/h1-4,11-12,14,17H,5-10,13H2. The van der Waals surface area contributed by atoms with Crippen LogP contribution in [-0.2, 0) is 13.0 Å². The van der Waals surface area contributed by atoms with Crippen molar-refractivity contribution in [3.05, 3.63) is 82.7 Å². The van der Waals surface area contributed by atoms with Gasteiger partial charge in [-0.15, -0.1) is 5.10 Å². The van der Waals surface area contributed by atoms with Gasteiger partial charge in [0.15, 0.2) is 23.3 Å². The Bertz CT molecular complexity index is 1010. The first-order valence-corrected chi connectivity index (χ1v) is 9.98. The molecular formula is C22H22F4N4. The van der Waals surface area contributed by atoms with Gasteiger partial charge in [-0.2, -0.15) is 0 Å². The Morgan fingerprint density at radius 2 is 1.47 bits per heavy atom. The number of halogens is 4. The van der Waals surface area contributed by atoms with E-state index in [0.717, 1.165) is 49.8 Å². The third kappa shape index (κ3) is 4.87. The van der Waals surface area contributed by atoms with E-state index in [1.165, 1.54) is 24.3 Å². The van der Waals surface area contributed by atoms with Crippen molar-refractivity contribution in [1.82, 2.24) is 19.9 Å². The molecule has 1 aliphatic rings. The molecule has 0 atom stereocenters. The number of hydrogen-bond donors (Lipinski definition) is 0. The first kappa shape index (κ1) is 20.5. The van der Waals surface area contributed by atoms with Crippen molar-refractivity contribution in [2.45, 2.75) is 31.7 Å². The molecule has 1 aromatic heterocycles. The van der Waals surface area contributed by atoms with Crippen LogP contribution in [0.2, 0.25) is 0 Å². The van der Waals surface area contributed by atoms with Crippen molar-refractivity contribution < 1.29 is 17.6 Å². The molecule has 0 spiro atoms. The number of benzene rings is 2. The predicted molar refractivity (Wildman–Crippen MR) is 104 cm³/mol. The highest BCUT2D eigenvalue weighted by molar-refractivity contribution is 5.19. The van der Waals surface area contributed by atoms with Crippen LogP contribution in [0.15, 0.2) is 42.6 Å². The van der Waals surface area contributed by atoms with Crippen LogP contribution in [0, 0.1) is 23.3 Å². The van der Waals surface area contributed by atoms with E-state index in [-0.39, 0.29) is 0 Å². The maximum absolute atomic E-state index is 13.4. The van der Waals surface area contributed by atoms with Crippen molar-refractivity contribution in [2.75, 3.05) is 19.6 Å². The molecule has 4 rings (SSSR count). The van der Waals surface area contributed by atoms with Gasteiger partial charge < -0.3 is 4.90 Å². The van der Waals surface area contributed by atoms with Gasteiger partial charge in [0.25, 0.3) is 0 Å². The smallest absolute Gasteiger partial charge is 0.159 e. The van der Waals surface area contributed by atoms with Gasteiger partial charge in [0, 0.05) is 18.7 Å². The second kappa shape index (κ2) is 8.95. The summed E-state index contributed by atoms with van der Waals surface area (Å²) in [6.07, 6.45) is 4.40. The largest absolute Gasteiger partial charge is 0.303 e. The van der Waals surface area contributed by atoms with Crippen LogP contribution in [0.25, 0.3) is 0 Å². The molecule has 0 N–H and O–H groups in total. The highest BCUT2D eigenvalue weighted by Gasteiger charge is 2.23. The average molecular weight is 418 g/mol. The minimum Gasteiger partial charge on any atom is -0.303 e. The van der Waals surface area contributed by atoms with Gasteiger partial charge >= 0.3 is 0 Å². The van der Waals surface area contributed by atoms with Gasteiger partial charge in [-0.1, -0.05) is 17.3 Å². The van der Waals surface area contributed by atoms with E-state index in [4.69, 9.17) is 0 Å². The number of aromatic nitrogens is 3. The minimum atomic E-state index is -0.872. The quantitative estimate of drug-likeness (QED) is 0.560. The Balaban J connectivity index is 1.28. The molecule has 1 fully saturated rings. The molecular weight excluding hydrogens is 396 g/mol. The average Bonchev–Trinajstić information content (AvgIpc) is 3.20. The summed E-state index contributed by atoms with van der Waals surface area (Å²) in [7, 11) is 0. The van der Waals surface area contributed by atoms with E-state index in [1.54, 1.807) is 10.7 Å². The zero-order valence-electron chi connectivity index (χ0n) is 16.4. The third-order valence-electron chi connectivity index (χ3n) is 5.59. The molecule has 2 aromatic carbocycles. The molecule has 0 amide bonds. The zero-order valence-corrected chi connectivity index (χ0v) is 16.4. The maximum Gasteiger partial charge on any atom is 0.159 e. The first-order chi connectivity index (χ1) is 14.5. The monoisotopic (exact) mass is 418 g/mol. The number of hydrogen-bond acceptors (Lipinski definition) is 3. The molecule has 0 unspecified atom stereocenters. The fraction of sp³-hybridized carbons (Fsp3) is 0.364. The molecule has 0 saturated carbocycles. The van der Waals surface area contributed by atoms with Crippen LogP contribution in [0.1, 0.15) is 35.6 Å². The molecule has 1 aliphatic heterocycles. The highest BCUT2D eigenvalue weighted by atomic mass is 19.2. The molecule has 4 nitrogen and oxygen atoms in total. The molecule has 30 heavy (non-hydrogen) atoms. The lowest BCUT2D eigenvalue weighted by Gasteiger charge is -2.31. The lowest BCUT2D eigenvalue weighted by Crippen LogP contribution is -2.34. The summed E-state index contributed by atoms with van der Waals surface area (Å²) < 4.78 is 54.4. The van der Waals surface area contributed by atoms with Gasteiger partial charge in [0.1, 0.15) is 0 Å². The lowest BCUT2D eigenvalue weighted by molar-refractivity contribution is 0.213. The summed E-state index contributed by atoms with van der Waals surface area (Å²) in [4.78, 5) is 2.31. The van der Waals surface area contributed by atoms with Gasteiger partial charge in [-0.05, 0) is 67.7 Å². The van der Waals surface area contributed by atoms with Crippen LogP contribution in [-0.4, -0.2) is 39.5 Å². The number of nitrogens with zero attached hydrogens (tertiary/aromatic N) is 4.